The van der Waals surface area contributed by atoms with Gasteiger partial charge in [-0.1, -0.05) is 30.3 Å². The van der Waals surface area contributed by atoms with Gasteiger partial charge in [0, 0.05) is 18.3 Å². The van der Waals surface area contributed by atoms with E-state index in [2.05, 4.69) is 0 Å². The summed E-state index contributed by atoms with van der Waals surface area (Å²) in [5.74, 6) is 0.0750. The van der Waals surface area contributed by atoms with Crippen LogP contribution in [-0.4, -0.2) is 26.6 Å². The van der Waals surface area contributed by atoms with Crippen molar-refractivity contribution in [3.8, 4) is 0 Å². The first-order chi connectivity index (χ1) is 9.46. The predicted molar refractivity (Wildman–Crippen MR) is 74.7 cm³/mol. The second-order valence-electron chi connectivity index (χ2n) is 5.82. The van der Waals surface area contributed by atoms with Crippen molar-refractivity contribution in [2.45, 2.75) is 31.3 Å². The second kappa shape index (κ2) is 4.97. The molecule has 2 bridgehead atoms. The Morgan fingerprint density at radius 1 is 1.15 bits per heavy atom. The standard InChI is InChI=1S/C15H18O4S/c1-20(17,18)19-15-12-8-7-11(9-13(12)16)14(15)10-5-3-2-4-6-10/h2-6,11-12,14-15H,7-9H2,1H3/t11-,12?,14-,15-/m1/s1. The Balaban J connectivity index is 1.99. The Labute approximate surface area is 119 Å². The number of Topliss-reactive ketones (excluding diaryl/α,β-unsaturated/α-hetero) is 1. The lowest BCUT2D eigenvalue weighted by atomic mass is 9.60. The smallest absolute Gasteiger partial charge is 0.264 e. The van der Waals surface area contributed by atoms with Crippen molar-refractivity contribution in [2.75, 3.05) is 6.26 Å². The molecular formula is C15H18O4S. The fourth-order valence-corrected chi connectivity index (χ4v) is 4.36. The van der Waals surface area contributed by atoms with Crippen LogP contribution in [0.1, 0.15) is 30.7 Å². The molecule has 5 heteroatoms. The maximum atomic E-state index is 12.1. The minimum Gasteiger partial charge on any atom is -0.299 e. The lowest BCUT2D eigenvalue weighted by molar-refractivity contribution is -0.136. The van der Waals surface area contributed by atoms with E-state index in [1.165, 1.54) is 0 Å². The van der Waals surface area contributed by atoms with Crippen LogP contribution in [0.25, 0.3) is 0 Å². The van der Waals surface area contributed by atoms with Gasteiger partial charge in [0.1, 0.15) is 5.78 Å². The van der Waals surface area contributed by atoms with Crippen molar-refractivity contribution in [2.24, 2.45) is 11.8 Å². The molecule has 3 saturated carbocycles. The fraction of sp³-hybridized carbons (Fsp3) is 0.533. The molecule has 4 rings (SSSR count). The first-order valence-corrected chi connectivity index (χ1v) is 8.73. The molecule has 0 spiro atoms. The Kier molecular flexibility index (Phi) is 3.42. The monoisotopic (exact) mass is 294 g/mol. The number of rotatable bonds is 3. The summed E-state index contributed by atoms with van der Waals surface area (Å²) in [5.41, 5.74) is 1.07. The van der Waals surface area contributed by atoms with Crippen LogP contribution in [0.4, 0.5) is 0 Å². The highest BCUT2D eigenvalue weighted by Gasteiger charge is 2.50. The van der Waals surface area contributed by atoms with E-state index in [9.17, 15) is 13.2 Å². The largest absolute Gasteiger partial charge is 0.299 e. The Hall–Kier alpha value is -1.20. The van der Waals surface area contributed by atoms with Gasteiger partial charge in [-0.3, -0.25) is 8.98 Å². The number of carbonyl (C=O) groups excluding carboxylic acids is 1. The minimum absolute atomic E-state index is 0.00220. The third-order valence-corrected chi connectivity index (χ3v) is 5.03. The van der Waals surface area contributed by atoms with Crippen molar-refractivity contribution in [3.05, 3.63) is 35.9 Å². The molecular weight excluding hydrogens is 276 g/mol. The van der Waals surface area contributed by atoms with E-state index in [-0.39, 0.29) is 23.5 Å². The molecule has 1 aromatic carbocycles. The SMILES string of the molecule is CS(=O)(=O)O[C@@H]1C2CC[C@H](CC2=O)[C@H]1c1ccccc1. The Morgan fingerprint density at radius 3 is 2.45 bits per heavy atom. The van der Waals surface area contributed by atoms with Gasteiger partial charge in [0.15, 0.2) is 0 Å². The van der Waals surface area contributed by atoms with Crippen LogP contribution in [0, 0.1) is 11.8 Å². The quantitative estimate of drug-likeness (QED) is 0.801. The van der Waals surface area contributed by atoms with Crippen LogP contribution in [0.5, 0.6) is 0 Å². The van der Waals surface area contributed by atoms with Gasteiger partial charge < -0.3 is 0 Å². The molecule has 0 aromatic heterocycles. The van der Waals surface area contributed by atoms with Crippen LogP contribution >= 0.6 is 0 Å². The van der Waals surface area contributed by atoms with Crippen molar-refractivity contribution in [1.82, 2.24) is 0 Å². The molecule has 0 saturated heterocycles. The zero-order valence-corrected chi connectivity index (χ0v) is 12.2. The van der Waals surface area contributed by atoms with Gasteiger partial charge in [0.2, 0.25) is 0 Å². The number of hydrogen-bond acceptors (Lipinski definition) is 4. The van der Waals surface area contributed by atoms with Crippen LogP contribution in [0.15, 0.2) is 30.3 Å². The van der Waals surface area contributed by atoms with E-state index in [1.807, 2.05) is 30.3 Å². The van der Waals surface area contributed by atoms with E-state index >= 15 is 0 Å². The first kappa shape index (κ1) is 13.8. The molecule has 4 nitrogen and oxygen atoms in total. The highest BCUT2D eigenvalue weighted by Crippen LogP contribution is 2.49. The molecule has 108 valence electrons. The highest BCUT2D eigenvalue weighted by atomic mass is 32.2. The van der Waals surface area contributed by atoms with E-state index in [4.69, 9.17) is 4.18 Å². The lowest BCUT2D eigenvalue weighted by Gasteiger charge is -2.46. The minimum atomic E-state index is -3.56. The maximum Gasteiger partial charge on any atom is 0.264 e. The second-order valence-corrected chi connectivity index (χ2v) is 7.42. The van der Waals surface area contributed by atoms with Gasteiger partial charge in [0.05, 0.1) is 12.4 Å². The molecule has 1 unspecified atom stereocenters. The van der Waals surface area contributed by atoms with Gasteiger partial charge in [-0.25, -0.2) is 0 Å². The van der Waals surface area contributed by atoms with E-state index in [0.29, 0.717) is 6.42 Å². The molecule has 0 radical (unpaired) electrons. The van der Waals surface area contributed by atoms with E-state index < -0.39 is 16.2 Å². The van der Waals surface area contributed by atoms with Gasteiger partial charge in [-0.05, 0) is 24.3 Å². The highest BCUT2D eigenvalue weighted by molar-refractivity contribution is 7.86. The molecule has 0 aliphatic heterocycles. The molecule has 20 heavy (non-hydrogen) atoms. The van der Waals surface area contributed by atoms with Crippen LogP contribution < -0.4 is 0 Å². The van der Waals surface area contributed by atoms with Gasteiger partial charge in [-0.15, -0.1) is 0 Å². The summed E-state index contributed by atoms with van der Waals surface area (Å²) in [5, 5.41) is 0. The van der Waals surface area contributed by atoms with E-state index in [0.717, 1.165) is 24.7 Å². The summed E-state index contributed by atoms with van der Waals surface area (Å²) in [6.07, 6.45) is 2.79. The number of hydrogen-bond donors (Lipinski definition) is 0. The van der Waals surface area contributed by atoms with Crippen LogP contribution in [0.2, 0.25) is 0 Å². The summed E-state index contributed by atoms with van der Waals surface area (Å²) in [7, 11) is -3.56. The fourth-order valence-electron chi connectivity index (χ4n) is 3.70. The number of fused-ring (bicyclic) bond motifs is 3. The van der Waals surface area contributed by atoms with Gasteiger partial charge in [0.25, 0.3) is 10.1 Å². The molecule has 0 heterocycles. The Morgan fingerprint density at radius 2 is 1.85 bits per heavy atom. The summed E-state index contributed by atoms with van der Waals surface area (Å²) < 4.78 is 28.4. The molecule has 1 aromatic rings. The van der Waals surface area contributed by atoms with Crippen LogP contribution in [0.3, 0.4) is 0 Å². The zero-order chi connectivity index (χ0) is 14.3. The van der Waals surface area contributed by atoms with E-state index in [1.54, 1.807) is 0 Å². The first-order valence-electron chi connectivity index (χ1n) is 6.91. The predicted octanol–water partition coefficient (Wildman–Crippen LogP) is 2.11. The third kappa shape index (κ3) is 2.52. The van der Waals surface area contributed by atoms with Crippen LogP contribution in [-0.2, 0) is 19.1 Å². The molecule has 3 fully saturated rings. The molecule has 3 aliphatic carbocycles. The average molecular weight is 294 g/mol. The van der Waals surface area contributed by atoms with Gasteiger partial charge in [-0.2, -0.15) is 8.42 Å². The summed E-state index contributed by atoms with van der Waals surface area (Å²) in [6.45, 7) is 0. The van der Waals surface area contributed by atoms with Crippen molar-refractivity contribution < 1.29 is 17.4 Å². The van der Waals surface area contributed by atoms with Crippen molar-refractivity contribution in [1.29, 1.82) is 0 Å². The summed E-state index contributed by atoms with van der Waals surface area (Å²) in [6, 6.07) is 9.80. The maximum absolute atomic E-state index is 12.1. The summed E-state index contributed by atoms with van der Waals surface area (Å²) >= 11 is 0. The Bertz CT molecular complexity index is 608. The number of carbonyl (C=O) groups is 1. The molecule has 0 N–H and O–H groups in total. The normalized spacial score (nSPS) is 33.4. The zero-order valence-electron chi connectivity index (χ0n) is 11.4. The third-order valence-electron chi connectivity index (χ3n) is 4.45. The topological polar surface area (TPSA) is 60.4 Å². The summed E-state index contributed by atoms with van der Waals surface area (Å²) in [4.78, 5) is 12.1. The average Bonchev–Trinajstić information content (AvgIpc) is 2.38. The number of benzene rings is 1. The van der Waals surface area contributed by atoms with Crippen molar-refractivity contribution >= 4 is 15.9 Å². The van der Waals surface area contributed by atoms with Crippen molar-refractivity contribution in [3.63, 3.8) is 0 Å². The molecule has 0 amide bonds. The lowest BCUT2D eigenvalue weighted by Crippen LogP contribution is -2.49. The molecule has 3 aliphatic rings. The molecule has 4 atom stereocenters. The van der Waals surface area contributed by atoms with Gasteiger partial charge >= 0.3 is 0 Å². The number of ketones is 1.